The Balaban J connectivity index is 1.41. The average Bonchev–Trinajstić information content (AvgIpc) is 2.74. The van der Waals surface area contributed by atoms with E-state index in [0.29, 0.717) is 24.5 Å². The van der Waals surface area contributed by atoms with E-state index in [4.69, 9.17) is 17.3 Å². The molecular weight excluding hydrogens is 386 g/mol. The Labute approximate surface area is 175 Å². The highest BCUT2D eigenvalue weighted by Gasteiger charge is 2.26. The number of carbonyl (C=O) groups excluding carboxylic acids is 1. The van der Waals surface area contributed by atoms with Gasteiger partial charge in [0.2, 0.25) is 5.91 Å². The van der Waals surface area contributed by atoms with Crippen molar-refractivity contribution in [3.8, 4) is 0 Å². The lowest BCUT2D eigenvalue weighted by Gasteiger charge is -2.36. The van der Waals surface area contributed by atoms with Gasteiger partial charge in [0.15, 0.2) is 0 Å². The first-order valence-electron chi connectivity index (χ1n) is 9.76. The number of benzene rings is 2. The van der Waals surface area contributed by atoms with Gasteiger partial charge in [-0.15, -0.1) is 0 Å². The standard InChI is InChI=1S/C22H24ClN5O/c1-15-2-7-20-18(12-15)21(26-14-25-20)27-8-10-28(11-9-27)22(29)19(24)13-16-3-5-17(23)6-4-16/h2-7,12,14,19H,8-11,13,24H2,1H3/t19-/m1/s1. The highest BCUT2D eigenvalue weighted by atomic mass is 35.5. The van der Waals surface area contributed by atoms with Gasteiger partial charge in [0.1, 0.15) is 12.1 Å². The van der Waals surface area contributed by atoms with Gasteiger partial charge in [-0.3, -0.25) is 4.79 Å². The lowest BCUT2D eigenvalue weighted by atomic mass is 10.1. The highest BCUT2D eigenvalue weighted by Crippen LogP contribution is 2.25. The van der Waals surface area contributed by atoms with Gasteiger partial charge in [-0.05, 0) is 43.2 Å². The van der Waals surface area contributed by atoms with Gasteiger partial charge in [0.25, 0.3) is 0 Å². The van der Waals surface area contributed by atoms with Crippen LogP contribution in [0.4, 0.5) is 5.82 Å². The van der Waals surface area contributed by atoms with Crippen LogP contribution in [0.2, 0.25) is 5.02 Å². The Bertz CT molecular complexity index is 1020. The van der Waals surface area contributed by atoms with Crippen LogP contribution in [-0.4, -0.2) is 53.0 Å². The SMILES string of the molecule is Cc1ccc2ncnc(N3CCN(C(=O)[C@H](N)Cc4ccc(Cl)cc4)CC3)c2c1. The van der Waals surface area contributed by atoms with Crippen LogP contribution in [0.3, 0.4) is 0 Å². The normalized spacial score (nSPS) is 15.6. The number of halogens is 1. The molecule has 7 heteroatoms. The van der Waals surface area contributed by atoms with E-state index in [2.05, 4.69) is 33.9 Å². The molecule has 2 heterocycles. The van der Waals surface area contributed by atoms with Crippen molar-refractivity contribution in [1.82, 2.24) is 14.9 Å². The van der Waals surface area contributed by atoms with Gasteiger partial charge in [0, 0.05) is 36.6 Å². The zero-order valence-corrected chi connectivity index (χ0v) is 17.1. The molecule has 0 bridgehead atoms. The van der Waals surface area contributed by atoms with Crippen LogP contribution >= 0.6 is 11.6 Å². The monoisotopic (exact) mass is 409 g/mol. The first kappa shape index (κ1) is 19.6. The number of aromatic nitrogens is 2. The zero-order valence-electron chi connectivity index (χ0n) is 16.4. The summed E-state index contributed by atoms with van der Waals surface area (Å²) in [6.45, 7) is 4.77. The molecule has 0 aliphatic carbocycles. The van der Waals surface area contributed by atoms with Crippen molar-refractivity contribution < 1.29 is 4.79 Å². The highest BCUT2D eigenvalue weighted by molar-refractivity contribution is 6.30. The van der Waals surface area contributed by atoms with Gasteiger partial charge in [-0.1, -0.05) is 35.4 Å². The second kappa shape index (κ2) is 8.35. The summed E-state index contributed by atoms with van der Waals surface area (Å²) in [5, 5.41) is 1.73. The van der Waals surface area contributed by atoms with Gasteiger partial charge in [-0.25, -0.2) is 9.97 Å². The summed E-state index contributed by atoms with van der Waals surface area (Å²) in [6.07, 6.45) is 2.11. The van der Waals surface area contributed by atoms with Crippen molar-refractivity contribution in [3.05, 3.63) is 64.9 Å². The number of amides is 1. The maximum Gasteiger partial charge on any atom is 0.239 e. The Morgan fingerprint density at radius 1 is 1.10 bits per heavy atom. The minimum absolute atomic E-state index is 0.0111. The third kappa shape index (κ3) is 4.33. The summed E-state index contributed by atoms with van der Waals surface area (Å²) in [5.41, 5.74) is 9.32. The summed E-state index contributed by atoms with van der Waals surface area (Å²) in [7, 11) is 0. The number of carbonyl (C=O) groups is 1. The number of aryl methyl sites for hydroxylation is 1. The van der Waals surface area contributed by atoms with Crippen LogP contribution in [0.15, 0.2) is 48.8 Å². The van der Waals surface area contributed by atoms with Crippen molar-refractivity contribution in [2.24, 2.45) is 5.73 Å². The Morgan fingerprint density at radius 3 is 2.55 bits per heavy atom. The summed E-state index contributed by atoms with van der Waals surface area (Å²) >= 11 is 5.92. The predicted octanol–water partition coefficient (Wildman–Crippen LogP) is 2.81. The maximum absolute atomic E-state index is 12.8. The average molecular weight is 410 g/mol. The number of hydrogen-bond acceptors (Lipinski definition) is 5. The van der Waals surface area contributed by atoms with Crippen LogP contribution in [0.5, 0.6) is 0 Å². The van der Waals surface area contributed by atoms with Gasteiger partial charge in [-0.2, -0.15) is 0 Å². The van der Waals surface area contributed by atoms with E-state index < -0.39 is 6.04 Å². The van der Waals surface area contributed by atoms with E-state index in [1.165, 1.54) is 5.56 Å². The van der Waals surface area contributed by atoms with E-state index in [9.17, 15) is 4.79 Å². The van der Waals surface area contributed by atoms with Crippen LogP contribution in [0.1, 0.15) is 11.1 Å². The smallest absolute Gasteiger partial charge is 0.239 e. The number of nitrogens with two attached hydrogens (primary N) is 1. The molecule has 0 saturated carbocycles. The molecule has 4 rings (SSSR count). The van der Waals surface area contributed by atoms with Gasteiger partial charge < -0.3 is 15.5 Å². The third-order valence-corrected chi connectivity index (χ3v) is 5.60. The molecule has 0 spiro atoms. The fraction of sp³-hybridized carbons (Fsp3) is 0.318. The number of fused-ring (bicyclic) bond motifs is 1. The van der Waals surface area contributed by atoms with Crippen LogP contribution < -0.4 is 10.6 Å². The lowest BCUT2D eigenvalue weighted by Crippen LogP contribution is -2.53. The Morgan fingerprint density at radius 2 is 1.83 bits per heavy atom. The van der Waals surface area contributed by atoms with E-state index in [-0.39, 0.29) is 5.91 Å². The number of rotatable bonds is 4. The molecule has 2 aromatic carbocycles. The molecule has 1 saturated heterocycles. The molecule has 1 amide bonds. The minimum atomic E-state index is -0.551. The fourth-order valence-corrected chi connectivity index (χ4v) is 3.87. The Hall–Kier alpha value is -2.70. The van der Waals surface area contributed by atoms with Crippen molar-refractivity contribution in [1.29, 1.82) is 0 Å². The number of piperazine rings is 1. The van der Waals surface area contributed by atoms with Crippen molar-refractivity contribution >= 4 is 34.2 Å². The molecule has 1 atom stereocenters. The quantitative estimate of drug-likeness (QED) is 0.717. The van der Waals surface area contributed by atoms with Crippen LogP contribution in [0, 0.1) is 6.92 Å². The maximum atomic E-state index is 12.8. The summed E-state index contributed by atoms with van der Waals surface area (Å²) < 4.78 is 0. The zero-order chi connectivity index (χ0) is 20.4. The second-order valence-corrected chi connectivity index (χ2v) is 7.90. The largest absolute Gasteiger partial charge is 0.352 e. The van der Waals surface area contributed by atoms with E-state index in [1.54, 1.807) is 6.33 Å². The number of anilines is 1. The summed E-state index contributed by atoms with van der Waals surface area (Å²) in [6, 6.07) is 13.1. The van der Waals surface area contributed by atoms with Gasteiger partial charge in [0.05, 0.1) is 11.6 Å². The molecule has 29 heavy (non-hydrogen) atoms. The van der Waals surface area contributed by atoms with E-state index in [1.807, 2.05) is 35.2 Å². The second-order valence-electron chi connectivity index (χ2n) is 7.47. The molecule has 2 N–H and O–H groups in total. The summed E-state index contributed by atoms with van der Waals surface area (Å²) in [5.74, 6) is 0.916. The number of nitrogens with zero attached hydrogens (tertiary/aromatic N) is 4. The Kier molecular flexibility index (Phi) is 5.65. The van der Waals surface area contributed by atoms with Crippen LogP contribution in [-0.2, 0) is 11.2 Å². The minimum Gasteiger partial charge on any atom is -0.352 e. The molecule has 0 unspecified atom stereocenters. The summed E-state index contributed by atoms with van der Waals surface area (Å²) in [4.78, 5) is 25.8. The molecule has 1 aliphatic heterocycles. The first-order valence-corrected chi connectivity index (χ1v) is 10.1. The van der Waals surface area contributed by atoms with Crippen molar-refractivity contribution in [3.63, 3.8) is 0 Å². The molecule has 6 nitrogen and oxygen atoms in total. The molecule has 3 aromatic rings. The molecular formula is C22H24ClN5O. The molecule has 1 aliphatic rings. The van der Waals surface area contributed by atoms with Gasteiger partial charge >= 0.3 is 0 Å². The lowest BCUT2D eigenvalue weighted by molar-refractivity contribution is -0.132. The topological polar surface area (TPSA) is 75.4 Å². The van der Waals surface area contributed by atoms with Crippen molar-refractivity contribution in [2.75, 3.05) is 31.1 Å². The predicted molar refractivity (Wildman–Crippen MR) is 116 cm³/mol. The van der Waals surface area contributed by atoms with E-state index >= 15 is 0 Å². The van der Waals surface area contributed by atoms with Crippen LogP contribution in [0.25, 0.3) is 10.9 Å². The third-order valence-electron chi connectivity index (χ3n) is 5.35. The first-order chi connectivity index (χ1) is 14.0. The molecule has 150 valence electrons. The molecule has 0 radical (unpaired) electrons. The molecule has 1 aromatic heterocycles. The molecule has 1 fully saturated rings. The number of hydrogen-bond donors (Lipinski definition) is 1. The van der Waals surface area contributed by atoms with Crippen molar-refractivity contribution in [2.45, 2.75) is 19.4 Å². The van der Waals surface area contributed by atoms with E-state index in [0.717, 1.165) is 35.4 Å². The fourth-order valence-electron chi connectivity index (χ4n) is 3.74.